The average Bonchev–Trinajstić information content (AvgIpc) is 2.44. The second-order valence-corrected chi connectivity index (χ2v) is 4.98. The molecule has 0 radical (unpaired) electrons. The summed E-state index contributed by atoms with van der Waals surface area (Å²) < 4.78 is 5.30. The molecule has 0 spiro atoms. The number of hydrogen-bond donors (Lipinski definition) is 1. The Hall–Kier alpha value is -1.88. The van der Waals surface area contributed by atoms with Crippen molar-refractivity contribution in [1.29, 1.82) is 0 Å². The van der Waals surface area contributed by atoms with Gasteiger partial charge in [-0.05, 0) is 19.4 Å². The van der Waals surface area contributed by atoms with E-state index in [1.54, 1.807) is 7.11 Å². The number of carbonyl (C=O) groups is 2. The molecular weight excluding hydrogens is 256 g/mol. The lowest BCUT2D eigenvalue weighted by atomic mass is 10.1. The number of aryl methyl sites for hydroxylation is 1. The van der Waals surface area contributed by atoms with E-state index in [2.05, 4.69) is 5.32 Å². The van der Waals surface area contributed by atoms with Crippen LogP contribution in [0.3, 0.4) is 0 Å². The molecule has 1 fully saturated rings. The zero-order valence-electron chi connectivity index (χ0n) is 12.1. The van der Waals surface area contributed by atoms with Crippen molar-refractivity contribution in [3.63, 3.8) is 0 Å². The Morgan fingerprint density at radius 2 is 2.15 bits per heavy atom. The minimum absolute atomic E-state index is 0.160. The number of rotatable bonds is 4. The minimum atomic E-state index is -0.275. The fourth-order valence-corrected chi connectivity index (χ4v) is 2.39. The van der Waals surface area contributed by atoms with Crippen molar-refractivity contribution in [1.82, 2.24) is 10.2 Å². The average molecular weight is 276 g/mol. The van der Waals surface area contributed by atoms with E-state index >= 15 is 0 Å². The van der Waals surface area contributed by atoms with Crippen molar-refractivity contribution >= 4 is 11.8 Å². The summed E-state index contributed by atoms with van der Waals surface area (Å²) in [4.78, 5) is 25.5. The highest BCUT2D eigenvalue weighted by Gasteiger charge is 2.33. The van der Waals surface area contributed by atoms with Crippen LogP contribution in [0.25, 0.3) is 0 Å². The number of carbonyl (C=O) groups excluding carboxylic acids is 2. The predicted octanol–water partition coefficient (Wildman–Crippen LogP) is 1.24. The molecule has 20 heavy (non-hydrogen) atoms. The second-order valence-electron chi connectivity index (χ2n) is 4.98. The lowest BCUT2D eigenvalue weighted by molar-refractivity contribution is -0.150. The first-order valence-corrected chi connectivity index (χ1v) is 6.78. The summed E-state index contributed by atoms with van der Waals surface area (Å²) >= 11 is 0. The molecule has 0 saturated carbocycles. The van der Waals surface area contributed by atoms with Crippen LogP contribution < -0.4 is 10.1 Å². The number of nitrogens with zero attached hydrogens (tertiary/aromatic N) is 1. The minimum Gasteiger partial charge on any atom is -0.496 e. The lowest BCUT2D eigenvalue weighted by Gasteiger charge is -2.31. The van der Waals surface area contributed by atoms with Crippen LogP contribution in [0.5, 0.6) is 5.75 Å². The Labute approximate surface area is 118 Å². The zero-order chi connectivity index (χ0) is 14.7. The molecule has 5 heteroatoms. The number of piperazine rings is 1. The van der Waals surface area contributed by atoms with Gasteiger partial charge >= 0.3 is 0 Å². The largest absolute Gasteiger partial charge is 0.496 e. The number of hydrogen-bond acceptors (Lipinski definition) is 4. The van der Waals surface area contributed by atoms with Crippen LogP contribution in [0.2, 0.25) is 0 Å². The summed E-state index contributed by atoms with van der Waals surface area (Å²) in [7, 11) is 1.59. The second kappa shape index (κ2) is 6.05. The third-order valence-corrected chi connectivity index (χ3v) is 3.54. The molecule has 1 aliphatic heterocycles. The van der Waals surface area contributed by atoms with Crippen molar-refractivity contribution in [2.45, 2.75) is 32.9 Å². The summed E-state index contributed by atoms with van der Waals surface area (Å²) in [5.41, 5.74) is 1.92. The van der Waals surface area contributed by atoms with Gasteiger partial charge in [0.05, 0.1) is 26.2 Å². The molecule has 1 aliphatic rings. The maximum atomic E-state index is 12.3. The first-order chi connectivity index (χ1) is 9.56. The summed E-state index contributed by atoms with van der Waals surface area (Å²) in [6.45, 7) is 4.37. The maximum Gasteiger partial charge on any atom is 0.246 e. The van der Waals surface area contributed by atoms with Crippen LogP contribution in [0, 0.1) is 6.92 Å². The molecule has 0 aromatic heterocycles. The summed E-state index contributed by atoms with van der Waals surface area (Å²) in [6, 6.07) is 5.48. The monoisotopic (exact) mass is 276 g/mol. The van der Waals surface area contributed by atoms with Crippen molar-refractivity contribution in [2.75, 3.05) is 13.7 Å². The predicted molar refractivity (Wildman–Crippen MR) is 75.4 cm³/mol. The van der Waals surface area contributed by atoms with Crippen molar-refractivity contribution < 1.29 is 14.3 Å². The van der Waals surface area contributed by atoms with Crippen LogP contribution in [0.15, 0.2) is 18.2 Å². The van der Waals surface area contributed by atoms with E-state index in [0.29, 0.717) is 12.2 Å². The van der Waals surface area contributed by atoms with E-state index in [0.717, 1.165) is 11.1 Å². The number of methoxy groups -OCH3 is 1. The van der Waals surface area contributed by atoms with Gasteiger partial charge in [-0.2, -0.15) is 0 Å². The molecule has 1 atom stereocenters. The van der Waals surface area contributed by atoms with Crippen LogP contribution in [-0.2, 0) is 16.1 Å². The Bertz CT molecular complexity index is 528. The molecule has 108 valence electrons. The van der Waals surface area contributed by atoms with Crippen LogP contribution in [0.4, 0.5) is 0 Å². The molecule has 1 saturated heterocycles. The summed E-state index contributed by atoms with van der Waals surface area (Å²) in [5, 5.41) is 2.95. The number of nitrogens with one attached hydrogen (secondary N) is 1. The molecule has 5 nitrogen and oxygen atoms in total. The number of imide groups is 1. The quantitative estimate of drug-likeness (QED) is 0.841. The topological polar surface area (TPSA) is 58.6 Å². The summed E-state index contributed by atoms with van der Waals surface area (Å²) in [5.74, 6) is 0.346. The van der Waals surface area contributed by atoms with Gasteiger partial charge in [0, 0.05) is 5.56 Å². The van der Waals surface area contributed by atoms with Crippen molar-refractivity contribution in [3.05, 3.63) is 29.3 Å². The number of benzene rings is 1. The molecule has 1 N–H and O–H groups in total. The molecule has 2 amide bonds. The van der Waals surface area contributed by atoms with Gasteiger partial charge in [0.15, 0.2) is 0 Å². The van der Waals surface area contributed by atoms with Crippen molar-refractivity contribution in [3.8, 4) is 5.75 Å². The van der Waals surface area contributed by atoms with Gasteiger partial charge in [-0.25, -0.2) is 0 Å². The van der Waals surface area contributed by atoms with Crippen molar-refractivity contribution in [2.24, 2.45) is 0 Å². The third-order valence-electron chi connectivity index (χ3n) is 3.54. The molecule has 2 rings (SSSR count). The van der Waals surface area contributed by atoms with Crippen LogP contribution in [0.1, 0.15) is 24.5 Å². The zero-order valence-corrected chi connectivity index (χ0v) is 12.1. The Morgan fingerprint density at radius 1 is 1.40 bits per heavy atom. The van der Waals surface area contributed by atoms with E-state index in [1.165, 1.54) is 4.90 Å². The normalized spacial score (nSPS) is 19.4. The molecule has 1 heterocycles. The van der Waals surface area contributed by atoms with E-state index in [4.69, 9.17) is 4.74 Å². The van der Waals surface area contributed by atoms with Gasteiger partial charge < -0.3 is 4.74 Å². The van der Waals surface area contributed by atoms with Gasteiger partial charge in [-0.15, -0.1) is 0 Å². The number of amides is 2. The Morgan fingerprint density at radius 3 is 2.80 bits per heavy atom. The molecular formula is C15H20N2O3. The van der Waals surface area contributed by atoms with Gasteiger partial charge in [-0.1, -0.05) is 24.6 Å². The molecule has 0 bridgehead atoms. The number of ether oxygens (including phenoxy) is 1. The molecule has 1 aromatic carbocycles. The maximum absolute atomic E-state index is 12.3. The van der Waals surface area contributed by atoms with E-state index in [1.807, 2.05) is 32.0 Å². The van der Waals surface area contributed by atoms with Gasteiger partial charge in [0.25, 0.3) is 0 Å². The molecule has 1 aromatic rings. The van der Waals surface area contributed by atoms with Gasteiger partial charge in [0.1, 0.15) is 5.75 Å². The fraction of sp³-hybridized carbons (Fsp3) is 0.467. The highest BCUT2D eigenvalue weighted by molar-refractivity contribution is 6.01. The third kappa shape index (κ3) is 2.82. The van der Waals surface area contributed by atoms with Gasteiger partial charge in [0.2, 0.25) is 11.8 Å². The molecule has 0 aliphatic carbocycles. The van der Waals surface area contributed by atoms with E-state index in [9.17, 15) is 9.59 Å². The first-order valence-electron chi connectivity index (χ1n) is 6.78. The highest BCUT2D eigenvalue weighted by atomic mass is 16.5. The van der Waals surface area contributed by atoms with E-state index < -0.39 is 0 Å². The van der Waals surface area contributed by atoms with E-state index in [-0.39, 0.29) is 30.9 Å². The lowest BCUT2D eigenvalue weighted by Crippen LogP contribution is -2.57. The Balaban J connectivity index is 2.25. The summed E-state index contributed by atoms with van der Waals surface area (Å²) in [6.07, 6.45) is 0.674. The SMILES string of the molecule is CCC1NCC(=O)N(Cc2cc(C)ccc2OC)C1=O. The first kappa shape index (κ1) is 14.5. The molecule has 1 unspecified atom stereocenters. The standard InChI is InChI=1S/C15H20N2O3/c1-4-12-15(19)17(14(18)8-16-12)9-11-7-10(2)5-6-13(11)20-3/h5-7,12,16H,4,8-9H2,1-3H3. The highest BCUT2D eigenvalue weighted by Crippen LogP contribution is 2.22. The smallest absolute Gasteiger partial charge is 0.246 e. The van der Waals surface area contributed by atoms with Crippen LogP contribution in [-0.4, -0.2) is 36.4 Å². The van der Waals surface area contributed by atoms with Gasteiger partial charge in [-0.3, -0.25) is 19.8 Å². The van der Waals surface area contributed by atoms with Crippen LogP contribution >= 0.6 is 0 Å². The fourth-order valence-electron chi connectivity index (χ4n) is 2.39. The Kier molecular flexibility index (Phi) is 4.39.